The second kappa shape index (κ2) is 2.77. The van der Waals surface area contributed by atoms with Gasteiger partial charge in [0.15, 0.2) is 0 Å². The van der Waals surface area contributed by atoms with Gasteiger partial charge in [0.05, 0.1) is 0 Å². The lowest BCUT2D eigenvalue weighted by Gasteiger charge is -1.64. The van der Waals surface area contributed by atoms with Gasteiger partial charge in [-0.15, -0.1) is 0 Å². The van der Waals surface area contributed by atoms with Gasteiger partial charge < -0.3 is 17.0 Å². The summed E-state index contributed by atoms with van der Waals surface area (Å²) in [5.74, 6) is 0. The fourth-order valence-corrected chi connectivity index (χ4v) is 2.29. The second-order valence-electron chi connectivity index (χ2n) is 1.48. The van der Waals surface area contributed by atoms with Crippen molar-refractivity contribution in [1.82, 2.24) is 4.40 Å². The molecule has 4 heteroatoms. The molecule has 0 aromatic carbocycles. The third kappa shape index (κ3) is 1.15. The Labute approximate surface area is 71.4 Å². The quantitative estimate of drug-likeness (QED) is 0.522. The van der Waals surface area contributed by atoms with Crippen molar-refractivity contribution >= 4 is 26.8 Å². The average Bonchev–Trinajstić information content (AvgIpc) is 2.15. The molecule has 0 bridgehead atoms. The van der Waals surface area contributed by atoms with Crippen LogP contribution in [0.4, 0.5) is 0 Å². The molecule has 0 spiro atoms. The van der Waals surface area contributed by atoms with E-state index in [-0.39, 0.29) is 17.0 Å². The molecule has 0 fully saturated rings. The molecule has 0 N–H and O–H groups in total. The number of halogens is 1. The number of rotatable bonds is 0. The summed E-state index contributed by atoms with van der Waals surface area (Å²) < 4.78 is 3.47. The lowest BCUT2D eigenvalue weighted by molar-refractivity contribution is -0.00000143. The summed E-state index contributed by atoms with van der Waals surface area (Å²) in [5.41, 5.74) is 0. The third-order valence-corrected chi connectivity index (χ3v) is 2.91. The molecular formula is C5H4BrNS2. The van der Waals surface area contributed by atoms with Gasteiger partial charge in [0.1, 0.15) is 33.4 Å². The summed E-state index contributed by atoms with van der Waals surface area (Å²) in [6.45, 7) is 0. The minimum Gasteiger partial charge on any atom is -1.00 e. The van der Waals surface area contributed by atoms with Crippen LogP contribution in [0.5, 0.6) is 0 Å². The Morgan fingerprint density at radius 1 is 1.44 bits per heavy atom. The Bertz CT molecular complexity index is 236. The van der Waals surface area contributed by atoms with E-state index < -0.39 is 0 Å². The van der Waals surface area contributed by atoms with Crippen LogP contribution >= 0.6 is 22.7 Å². The first-order valence-electron chi connectivity index (χ1n) is 2.29. The molecule has 2 aromatic heterocycles. The molecule has 2 heterocycles. The topological polar surface area (TPSA) is 4.41 Å². The van der Waals surface area contributed by atoms with E-state index in [1.807, 2.05) is 0 Å². The molecule has 0 unspecified atom stereocenters. The minimum atomic E-state index is 0. The van der Waals surface area contributed by atoms with Crippen molar-refractivity contribution in [1.29, 1.82) is 0 Å². The fraction of sp³-hybridized carbons (Fsp3) is 0. The zero-order valence-corrected chi connectivity index (χ0v) is 7.67. The number of hydrogen-bond acceptors (Lipinski definition) is 1. The smallest absolute Gasteiger partial charge is 0.358 e. The molecule has 0 amide bonds. The summed E-state index contributed by atoms with van der Waals surface area (Å²) in [7, 11) is 0. The maximum Gasteiger partial charge on any atom is 0.358 e. The molecule has 0 aliphatic heterocycles. The number of nitrogens with zero attached hydrogens (tertiary/aromatic N) is 1. The van der Waals surface area contributed by atoms with E-state index in [0.29, 0.717) is 0 Å². The first-order valence-corrected chi connectivity index (χ1v) is 4.05. The number of aromatic nitrogens is 1. The second-order valence-corrected chi connectivity index (χ2v) is 3.53. The third-order valence-electron chi connectivity index (χ3n) is 0.991. The predicted molar refractivity (Wildman–Crippen MR) is 37.6 cm³/mol. The summed E-state index contributed by atoms with van der Waals surface area (Å²) in [5, 5.41) is 4.18. The highest BCUT2D eigenvalue weighted by Crippen LogP contribution is 2.16. The molecule has 0 aliphatic rings. The molecule has 0 radical (unpaired) electrons. The average molecular weight is 222 g/mol. The van der Waals surface area contributed by atoms with E-state index in [1.54, 1.807) is 22.7 Å². The van der Waals surface area contributed by atoms with Gasteiger partial charge in [-0.1, -0.05) is 0 Å². The maximum atomic E-state index is 2.12. The predicted octanol–water partition coefficient (Wildman–Crippen LogP) is -0.653. The van der Waals surface area contributed by atoms with Crippen LogP contribution < -0.4 is 17.0 Å². The van der Waals surface area contributed by atoms with E-state index in [9.17, 15) is 0 Å². The van der Waals surface area contributed by atoms with Gasteiger partial charge in [0.2, 0.25) is 0 Å². The highest BCUT2D eigenvalue weighted by Gasteiger charge is 2.01. The van der Waals surface area contributed by atoms with Gasteiger partial charge in [-0.3, -0.25) is 4.40 Å². The van der Waals surface area contributed by atoms with Crippen molar-refractivity contribution in [2.45, 2.75) is 0 Å². The standard InChI is InChI=1S/C5H4NS2.BrH/c1-3-7-5-6(1)2-4-8-5;/h1-4H;1H/q+1;/p-1. The highest BCUT2D eigenvalue weighted by atomic mass is 79.9. The Kier molecular flexibility index (Phi) is 2.21. The Hall–Kier alpha value is 0.0700. The molecule has 0 saturated heterocycles. The Balaban J connectivity index is 0.000000405. The van der Waals surface area contributed by atoms with Crippen molar-refractivity contribution < 1.29 is 17.0 Å². The van der Waals surface area contributed by atoms with Crippen molar-refractivity contribution in [3.05, 3.63) is 23.2 Å². The van der Waals surface area contributed by atoms with Gasteiger partial charge in [0.25, 0.3) is 0 Å². The van der Waals surface area contributed by atoms with Crippen LogP contribution in [0.15, 0.2) is 23.2 Å². The Morgan fingerprint density at radius 2 is 2.33 bits per heavy atom. The van der Waals surface area contributed by atoms with Gasteiger partial charge in [-0.2, -0.15) is 0 Å². The molecule has 0 aliphatic carbocycles. The number of hydrogen-bond donors (Lipinski definition) is 0. The molecule has 48 valence electrons. The highest BCUT2D eigenvalue weighted by molar-refractivity contribution is 7.34. The van der Waals surface area contributed by atoms with Crippen molar-refractivity contribution in [3.8, 4) is 0 Å². The molecule has 1 nitrogen and oxygen atoms in total. The lowest BCUT2D eigenvalue weighted by atomic mass is 10.9. The lowest BCUT2D eigenvalue weighted by Crippen LogP contribution is -3.00. The van der Waals surface area contributed by atoms with Gasteiger partial charge in [-0.25, -0.2) is 0 Å². The molecule has 9 heavy (non-hydrogen) atoms. The van der Waals surface area contributed by atoms with Crippen molar-refractivity contribution in [3.63, 3.8) is 0 Å². The number of fused-ring (bicyclic) bond motifs is 1. The zero-order chi connectivity index (χ0) is 5.40. The molecule has 2 rings (SSSR count). The van der Waals surface area contributed by atoms with Gasteiger partial charge in [0, 0.05) is 12.4 Å². The summed E-state index contributed by atoms with van der Waals surface area (Å²) >= 11 is 3.55. The van der Waals surface area contributed by atoms with E-state index in [0.717, 1.165) is 0 Å². The molecule has 0 atom stereocenters. The zero-order valence-electron chi connectivity index (χ0n) is 4.45. The van der Waals surface area contributed by atoms with Crippen LogP contribution in [0.2, 0.25) is 0 Å². The first kappa shape index (κ1) is 7.18. The normalized spacial score (nSPS) is 9.33. The number of thiazole rings is 2. The van der Waals surface area contributed by atoms with Gasteiger partial charge >= 0.3 is 4.14 Å². The maximum absolute atomic E-state index is 2.12. The monoisotopic (exact) mass is 221 g/mol. The van der Waals surface area contributed by atoms with E-state index in [2.05, 4.69) is 27.6 Å². The van der Waals surface area contributed by atoms with Crippen LogP contribution in [0.25, 0.3) is 4.14 Å². The SMILES string of the molecule is [Br-].c1cn2cc[s+]c2s1. The van der Waals surface area contributed by atoms with Crippen LogP contribution in [0.1, 0.15) is 0 Å². The van der Waals surface area contributed by atoms with Gasteiger partial charge in [-0.05, 0) is 0 Å². The summed E-state index contributed by atoms with van der Waals surface area (Å²) in [6.07, 6.45) is 4.13. The van der Waals surface area contributed by atoms with Crippen molar-refractivity contribution in [2.24, 2.45) is 0 Å². The minimum absolute atomic E-state index is 0. The molecule has 2 aromatic rings. The summed E-state index contributed by atoms with van der Waals surface area (Å²) in [6, 6.07) is 0. The van der Waals surface area contributed by atoms with Crippen LogP contribution in [-0.2, 0) is 0 Å². The van der Waals surface area contributed by atoms with Crippen LogP contribution in [0, 0.1) is 0 Å². The summed E-state index contributed by atoms with van der Waals surface area (Å²) in [4.78, 5) is 0. The molecule has 0 saturated carbocycles. The largest absolute Gasteiger partial charge is 1.00 e. The van der Waals surface area contributed by atoms with Crippen molar-refractivity contribution in [2.75, 3.05) is 0 Å². The van der Waals surface area contributed by atoms with E-state index in [4.69, 9.17) is 0 Å². The van der Waals surface area contributed by atoms with E-state index >= 15 is 0 Å². The molecular weight excluding hydrogens is 218 g/mol. The van der Waals surface area contributed by atoms with Crippen LogP contribution in [-0.4, -0.2) is 4.40 Å². The Morgan fingerprint density at radius 3 is 3.11 bits per heavy atom. The van der Waals surface area contributed by atoms with E-state index in [1.165, 1.54) is 4.14 Å². The first-order chi connectivity index (χ1) is 3.97. The fourth-order valence-electron chi connectivity index (χ4n) is 0.629. The van der Waals surface area contributed by atoms with Crippen LogP contribution in [0.3, 0.4) is 0 Å².